The Morgan fingerprint density at radius 3 is 2.42 bits per heavy atom. The van der Waals surface area contributed by atoms with Gasteiger partial charge in [-0.15, -0.1) is 0 Å². The first-order chi connectivity index (χ1) is 9.06. The van der Waals surface area contributed by atoms with Gasteiger partial charge in [-0.1, -0.05) is 13.8 Å². The molecule has 2 saturated carbocycles. The molecule has 19 heavy (non-hydrogen) atoms. The summed E-state index contributed by atoms with van der Waals surface area (Å²) < 4.78 is 0. The normalized spacial score (nSPS) is 31.8. The molecule has 0 aromatic carbocycles. The van der Waals surface area contributed by atoms with Crippen molar-refractivity contribution in [2.75, 3.05) is 6.54 Å². The van der Waals surface area contributed by atoms with Crippen molar-refractivity contribution < 1.29 is 9.59 Å². The lowest BCUT2D eigenvalue weighted by Gasteiger charge is -2.40. The molecule has 2 amide bonds. The lowest BCUT2D eigenvalue weighted by molar-refractivity contribution is -0.150. The van der Waals surface area contributed by atoms with Gasteiger partial charge < -0.3 is 10.2 Å². The van der Waals surface area contributed by atoms with E-state index in [1.165, 1.54) is 12.8 Å². The first kappa shape index (κ1) is 12.9. The van der Waals surface area contributed by atoms with Crippen LogP contribution in [0, 0.1) is 17.8 Å². The minimum atomic E-state index is -0.233. The fourth-order valence-corrected chi connectivity index (χ4v) is 3.01. The molecule has 3 aliphatic rings. The predicted octanol–water partition coefficient (Wildman–Crippen LogP) is 1.55. The molecular formula is C15H24N2O2. The molecule has 1 N–H and O–H groups in total. The van der Waals surface area contributed by atoms with Crippen LogP contribution in [0.5, 0.6) is 0 Å². The van der Waals surface area contributed by atoms with Gasteiger partial charge in [0.15, 0.2) is 0 Å². The second kappa shape index (κ2) is 4.80. The second-order valence-electron chi connectivity index (χ2n) is 6.90. The van der Waals surface area contributed by atoms with Crippen LogP contribution in [0.25, 0.3) is 0 Å². The number of hydrogen-bond acceptors (Lipinski definition) is 2. The third kappa shape index (κ3) is 2.77. The van der Waals surface area contributed by atoms with Crippen molar-refractivity contribution in [3.63, 3.8) is 0 Å². The summed E-state index contributed by atoms with van der Waals surface area (Å²) in [6.45, 7) is 5.02. The van der Waals surface area contributed by atoms with Crippen molar-refractivity contribution in [3.8, 4) is 0 Å². The van der Waals surface area contributed by atoms with E-state index in [1.54, 1.807) is 0 Å². The van der Waals surface area contributed by atoms with E-state index in [9.17, 15) is 9.59 Å². The lowest BCUT2D eigenvalue weighted by atomic mass is 9.96. The summed E-state index contributed by atoms with van der Waals surface area (Å²) in [6.07, 6.45) is 5.38. The molecular weight excluding hydrogens is 240 g/mol. The van der Waals surface area contributed by atoms with E-state index in [0.29, 0.717) is 17.8 Å². The van der Waals surface area contributed by atoms with E-state index in [2.05, 4.69) is 19.2 Å². The SMILES string of the molecule is CC(C)CC1C(=O)NC(C2CC2)C(=O)N1CC1CC1. The number of nitrogens with zero attached hydrogens (tertiary/aromatic N) is 1. The average molecular weight is 264 g/mol. The lowest BCUT2D eigenvalue weighted by Crippen LogP contribution is -2.64. The maximum atomic E-state index is 12.6. The summed E-state index contributed by atoms with van der Waals surface area (Å²) in [6, 6.07) is -0.460. The van der Waals surface area contributed by atoms with Crippen molar-refractivity contribution in [2.45, 2.75) is 58.0 Å². The number of nitrogens with one attached hydrogen (secondary N) is 1. The number of rotatable bonds is 5. The minimum absolute atomic E-state index is 0.0749. The molecule has 3 fully saturated rings. The summed E-state index contributed by atoms with van der Waals surface area (Å²) in [7, 11) is 0. The molecule has 4 heteroatoms. The molecule has 1 heterocycles. The monoisotopic (exact) mass is 264 g/mol. The van der Waals surface area contributed by atoms with E-state index in [1.807, 2.05) is 4.90 Å². The van der Waals surface area contributed by atoms with Gasteiger partial charge in [0.1, 0.15) is 12.1 Å². The van der Waals surface area contributed by atoms with Crippen molar-refractivity contribution >= 4 is 11.8 Å². The molecule has 3 rings (SSSR count). The molecule has 2 unspecified atom stereocenters. The van der Waals surface area contributed by atoms with Gasteiger partial charge in [-0.2, -0.15) is 0 Å². The zero-order chi connectivity index (χ0) is 13.6. The quantitative estimate of drug-likeness (QED) is 0.819. The minimum Gasteiger partial charge on any atom is -0.342 e. The molecule has 0 radical (unpaired) electrons. The van der Waals surface area contributed by atoms with Gasteiger partial charge in [-0.25, -0.2) is 0 Å². The average Bonchev–Trinajstić information content (AvgIpc) is 3.20. The molecule has 2 aliphatic carbocycles. The largest absolute Gasteiger partial charge is 0.342 e. The maximum Gasteiger partial charge on any atom is 0.246 e. The van der Waals surface area contributed by atoms with Crippen molar-refractivity contribution in [1.82, 2.24) is 10.2 Å². The van der Waals surface area contributed by atoms with Crippen LogP contribution in [0.1, 0.15) is 46.0 Å². The smallest absolute Gasteiger partial charge is 0.246 e. The van der Waals surface area contributed by atoms with E-state index in [-0.39, 0.29) is 23.9 Å². The number of carbonyl (C=O) groups is 2. The Balaban J connectivity index is 1.76. The topological polar surface area (TPSA) is 49.4 Å². The fraction of sp³-hybridized carbons (Fsp3) is 0.867. The van der Waals surface area contributed by atoms with Crippen molar-refractivity contribution in [2.24, 2.45) is 17.8 Å². The van der Waals surface area contributed by atoms with Gasteiger partial charge in [0.2, 0.25) is 11.8 Å². The highest BCUT2D eigenvalue weighted by Crippen LogP contribution is 2.37. The zero-order valence-corrected chi connectivity index (χ0v) is 11.9. The number of amides is 2. The molecule has 0 bridgehead atoms. The number of hydrogen-bond donors (Lipinski definition) is 1. The summed E-state index contributed by atoms with van der Waals surface area (Å²) in [5.74, 6) is 1.73. The third-order valence-corrected chi connectivity index (χ3v) is 4.47. The van der Waals surface area contributed by atoms with Crippen LogP contribution in [0.3, 0.4) is 0 Å². The van der Waals surface area contributed by atoms with E-state index >= 15 is 0 Å². The Labute approximate surface area is 114 Å². The number of carbonyl (C=O) groups excluding carboxylic acids is 2. The van der Waals surface area contributed by atoms with Gasteiger partial charge in [-0.05, 0) is 49.9 Å². The van der Waals surface area contributed by atoms with E-state index in [4.69, 9.17) is 0 Å². The van der Waals surface area contributed by atoms with Crippen LogP contribution in [-0.4, -0.2) is 35.3 Å². The second-order valence-corrected chi connectivity index (χ2v) is 6.90. The standard InChI is InChI=1S/C15H24N2O2/c1-9(2)7-12-14(18)16-13(11-5-6-11)15(19)17(12)8-10-3-4-10/h9-13H,3-8H2,1-2H3,(H,16,18). The van der Waals surface area contributed by atoms with E-state index < -0.39 is 0 Å². The van der Waals surface area contributed by atoms with Gasteiger partial charge >= 0.3 is 0 Å². The Kier molecular flexibility index (Phi) is 3.27. The van der Waals surface area contributed by atoms with Crippen LogP contribution >= 0.6 is 0 Å². The zero-order valence-electron chi connectivity index (χ0n) is 11.9. The van der Waals surface area contributed by atoms with Crippen LogP contribution in [0.15, 0.2) is 0 Å². The van der Waals surface area contributed by atoms with Gasteiger partial charge in [0.25, 0.3) is 0 Å². The molecule has 0 aromatic rings. The Hall–Kier alpha value is -1.06. The highest BCUT2D eigenvalue weighted by molar-refractivity contribution is 5.97. The summed E-state index contributed by atoms with van der Waals surface area (Å²) >= 11 is 0. The molecule has 1 saturated heterocycles. The Morgan fingerprint density at radius 2 is 1.89 bits per heavy atom. The van der Waals surface area contributed by atoms with Gasteiger partial charge in [0, 0.05) is 6.54 Å². The van der Waals surface area contributed by atoms with Gasteiger partial charge in [-0.3, -0.25) is 9.59 Å². The van der Waals surface area contributed by atoms with Crippen molar-refractivity contribution in [3.05, 3.63) is 0 Å². The Morgan fingerprint density at radius 1 is 1.21 bits per heavy atom. The van der Waals surface area contributed by atoms with Crippen LogP contribution in [-0.2, 0) is 9.59 Å². The molecule has 106 valence electrons. The molecule has 2 atom stereocenters. The first-order valence-corrected chi connectivity index (χ1v) is 7.67. The molecule has 0 spiro atoms. The maximum absolute atomic E-state index is 12.6. The fourth-order valence-electron chi connectivity index (χ4n) is 3.01. The van der Waals surface area contributed by atoms with Gasteiger partial charge in [0.05, 0.1) is 0 Å². The summed E-state index contributed by atoms with van der Waals surface area (Å²) in [5.41, 5.74) is 0. The number of piperazine rings is 1. The third-order valence-electron chi connectivity index (χ3n) is 4.47. The predicted molar refractivity (Wildman–Crippen MR) is 72.3 cm³/mol. The van der Waals surface area contributed by atoms with E-state index in [0.717, 1.165) is 25.8 Å². The molecule has 0 aromatic heterocycles. The Bertz CT molecular complexity index is 386. The highest BCUT2D eigenvalue weighted by atomic mass is 16.2. The highest BCUT2D eigenvalue weighted by Gasteiger charge is 2.47. The van der Waals surface area contributed by atoms with Crippen molar-refractivity contribution in [1.29, 1.82) is 0 Å². The van der Waals surface area contributed by atoms with Crippen LogP contribution < -0.4 is 5.32 Å². The molecule has 1 aliphatic heterocycles. The van der Waals surface area contributed by atoms with Crippen LogP contribution in [0.4, 0.5) is 0 Å². The summed E-state index contributed by atoms with van der Waals surface area (Å²) in [4.78, 5) is 26.8. The molecule has 4 nitrogen and oxygen atoms in total. The van der Waals surface area contributed by atoms with Crippen LogP contribution in [0.2, 0.25) is 0 Å². The summed E-state index contributed by atoms with van der Waals surface area (Å²) in [5, 5.41) is 2.98. The first-order valence-electron chi connectivity index (χ1n) is 7.67.